The summed E-state index contributed by atoms with van der Waals surface area (Å²) in [6.07, 6.45) is -2.82. The number of carbonyl (C=O) groups excluding carboxylic acids is 1. The number of ether oxygens (including phenoxy) is 1. The molecule has 0 aromatic carbocycles. The molecule has 0 aromatic heterocycles. The Labute approximate surface area is 113 Å². The van der Waals surface area contributed by atoms with Crippen molar-refractivity contribution in [2.45, 2.75) is 51.2 Å². The molecule has 0 bridgehead atoms. The average molecular weight is 281 g/mol. The van der Waals surface area contributed by atoms with Crippen LogP contribution in [0.2, 0.25) is 0 Å². The summed E-state index contributed by atoms with van der Waals surface area (Å²) in [5.41, 5.74) is 0. The second-order valence-corrected chi connectivity index (χ2v) is 4.57. The first-order valence-electron chi connectivity index (χ1n) is 5.95. The first kappa shape index (κ1) is 17.7. The van der Waals surface area contributed by atoms with Gasteiger partial charge in [0.25, 0.3) is 0 Å². The van der Waals surface area contributed by atoms with Gasteiger partial charge in [-0.1, -0.05) is 0 Å². The molecule has 0 aliphatic heterocycles. The van der Waals surface area contributed by atoms with Crippen LogP contribution in [0.3, 0.4) is 0 Å². The molecule has 0 heterocycles. The number of rotatable bonds is 9. The molecule has 4 atom stereocenters. The second-order valence-electron chi connectivity index (χ2n) is 4.12. The molecule has 0 aliphatic carbocycles. The minimum Gasteiger partial charge on any atom is -0.396 e. The van der Waals surface area contributed by atoms with Gasteiger partial charge in [0.2, 0.25) is 5.91 Å². The van der Waals surface area contributed by atoms with Crippen LogP contribution in [0.15, 0.2) is 0 Å². The van der Waals surface area contributed by atoms with Crippen molar-refractivity contribution in [3.63, 3.8) is 0 Å². The summed E-state index contributed by atoms with van der Waals surface area (Å²) in [6, 6.07) is 0. The van der Waals surface area contributed by atoms with Crippen LogP contribution in [-0.2, 0) is 9.53 Å². The monoisotopic (exact) mass is 281 g/mol. The Hall–Kier alpha value is -0.340. The van der Waals surface area contributed by atoms with Gasteiger partial charge < -0.3 is 25.4 Å². The molecule has 0 spiro atoms. The van der Waals surface area contributed by atoms with Crippen molar-refractivity contribution in [1.82, 2.24) is 5.32 Å². The van der Waals surface area contributed by atoms with E-state index in [1.54, 1.807) is 13.8 Å². The highest BCUT2D eigenvalue weighted by Gasteiger charge is 2.24. The van der Waals surface area contributed by atoms with Crippen molar-refractivity contribution in [1.29, 1.82) is 0 Å². The summed E-state index contributed by atoms with van der Waals surface area (Å²) >= 11 is 3.91. The predicted molar refractivity (Wildman–Crippen MR) is 70.3 cm³/mol. The molecule has 6 nitrogen and oxygen atoms in total. The van der Waals surface area contributed by atoms with E-state index < -0.39 is 24.5 Å². The molecule has 4 N–H and O–H groups in total. The Balaban J connectivity index is 4.34. The minimum absolute atomic E-state index is 0.166. The van der Waals surface area contributed by atoms with Gasteiger partial charge in [-0.15, -0.1) is 0 Å². The van der Waals surface area contributed by atoms with Crippen LogP contribution in [-0.4, -0.2) is 58.1 Å². The number of hydrogen-bond donors (Lipinski definition) is 5. The molecule has 0 fully saturated rings. The summed E-state index contributed by atoms with van der Waals surface area (Å²) in [7, 11) is 0. The minimum atomic E-state index is -1.22. The van der Waals surface area contributed by atoms with E-state index in [1.165, 1.54) is 0 Å². The number of aliphatic hydroxyl groups is 3. The fraction of sp³-hybridized carbons (Fsp3) is 0.909. The van der Waals surface area contributed by atoms with E-state index in [-0.39, 0.29) is 25.4 Å². The van der Waals surface area contributed by atoms with Gasteiger partial charge in [-0.2, -0.15) is 12.6 Å². The maximum Gasteiger partial charge on any atom is 0.222 e. The molecule has 0 aromatic rings. The number of thiol groups is 1. The SMILES string of the molecule is CC(OC(CCO)[C@@H](O)NC(=O)CCS)[C@H](C)O. The molecule has 0 saturated carbocycles. The van der Waals surface area contributed by atoms with E-state index in [1.807, 2.05) is 0 Å². The normalized spacial score (nSPS) is 17.9. The summed E-state index contributed by atoms with van der Waals surface area (Å²) in [4.78, 5) is 11.3. The van der Waals surface area contributed by atoms with Gasteiger partial charge in [0.05, 0.1) is 12.2 Å². The maximum absolute atomic E-state index is 11.3. The predicted octanol–water partition coefficient (Wildman–Crippen LogP) is -0.722. The van der Waals surface area contributed by atoms with Crippen molar-refractivity contribution >= 4 is 18.5 Å². The van der Waals surface area contributed by atoms with Gasteiger partial charge in [0, 0.05) is 19.4 Å². The lowest BCUT2D eigenvalue weighted by atomic mass is 10.2. The zero-order chi connectivity index (χ0) is 14.1. The van der Waals surface area contributed by atoms with E-state index in [2.05, 4.69) is 17.9 Å². The third-order valence-electron chi connectivity index (χ3n) is 2.48. The lowest BCUT2D eigenvalue weighted by molar-refractivity contribution is -0.138. The van der Waals surface area contributed by atoms with Gasteiger partial charge >= 0.3 is 0 Å². The standard InChI is InChI=1S/C11H23NO5S/c1-7(14)8(2)17-9(3-5-13)11(16)12-10(15)4-6-18/h7-9,11,13-14,16,18H,3-6H2,1-2H3,(H,12,15)/t7-,8?,9?,11+/m0/s1. The number of nitrogens with one attached hydrogen (secondary N) is 1. The van der Waals surface area contributed by atoms with Gasteiger partial charge in [-0.25, -0.2) is 0 Å². The smallest absolute Gasteiger partial charge is 0.222 e. The van der Waals surface area contributed by atoms with Gasteiger partial charge in [-0.3, -0.25) is 4.79 Å². The number of carbonyl (C=O) groups is 1. The van der Waals surface area contributed by atoms with E-state index in [0.717, 1.165) is 0 Å². The van der Waals surface area contributed by atoms with Crippen molar-refractivity contribution in [2.75, 3.05) is 12.4 Å². The zero-order valence-electron chi connectivity index (χ0n) is 10.7. The highest BCUT2D eigenvalue weighted by molar-refractivity contribution is 7.80. The highest BCUT2D eigenvalue weighted by Crippen LogP contribution is 2.09. The third-order valence-corrected chi connectivity index (χ3v) is 2.71. The largest absolute Gasteiger partial charge is 0.396 e. The Morgan fingerprint density at radius 3 is 2.44 bits per heavy atom. The van der Waals surface area contributed by atoms with Gasteiger partial charge in [-0.05, 0) is 19.6 Å². The number of amides is 1. The summed E-state index contributed by atoms with van der Waals surface area (Å²) in [5, 5.41) is 30.4. The van der Waals surface area contributed by atoms with Crippen molar-refractivity contribution in [3.8, 4) is 0 Å². The van der Waals surface area contributed by atoms with Crippen LogP contribution in [0.25, 0.3) is 0 Å². The maximum atomic E-state index is 11.3. The van der Waals surface area contributed by atoms with Crippen LogP contribution < -0.4 is 5.32 Å². The van der Waals surface area contributed by atoms with Crippen LogP contribution in [0.5, 0.6) is 0 Å². The van der Waals surface area contributed by atoms with Crippen molar-refractivity contribution in [3.05, 3.63) is 0 Å². The molecule has 0 aliphatic rings. The Kier molecular flexibility index (Phi) is 9.39. The Bertz CT molecular complexity index is 239. The molecule has 108 valence electrons. The van der Waals surface area contributed by atoms with Gasteiger partial charge in [0.15, 0.2) is 6.23 Å². The molecule has 2 unspecified atom stereocenters. The molecular formula is C11H23NO5S. The van der Waals surface area contributed by atoms with Crippen LogP contribution >= 0.6 is 12.6 Å². The van der Waals surface area contributed by atoms with E-state index in [0.29, 0.717) is 5.75 Å². The van der Waals surface area contributed by atoms with Crippen molar-refractivity contribution in [2.24, 2.45) is 0 Å². The molecule has 0 radical (unpaired) electrons. The Morgan fingerprint density at radius 2 is 2.00 bits per heavy atom. The first-order chi connectivity index (χ1) is 8.42. The second kappa shape index (κ2) is 9.57. The summed E-state index contributed by atoms with van der Waals surface area (Å²) in [6.45, 7) is 3.03. The van der Waals surface area contributed by atoms with Crippen LogP contribution in [0, 0.1) is 0 Å². The number of hydrogen-bond acceptors (Lipinski definition) is 6. The number of aliphatic hydroxyl groups excluding tert-OH is 3. The molecule has 7 heteroatoms. The molecule has 1 amide bonds. The van der Waals surface area contributed by atoms with Crippen molar-refractivity contribution < 1.29 is 24.9 Å². The molecule has 0 saturated heterocycles. The summed E-state index contributed by atoms with van der Waals surface area (Å²) in [5.74, 6) is 0.0440. The topological polar surface area (TPSA) is 99.0 Å². The molecule has 18 heavy (non-hydrogen) atoms. The van der Waals surface area contributed by atoms with E-state index in [9.17, 15) is 15.0 Å². The first-order valence-corrected chi connectivity index (χ1v) is 6.58. The molecule has 0 rings (SSSR count). The fourth-order valence-electron chi connectivity index (χ4n) is 1.25. The van der Waals surface area contributed by atoms with E-state index >= 15 is 0 Å². The Morgan fingerprint density at radius 1 is 1.39 bits per heavy atom. The average Bonchev–Trinajstić information content (AvgIpc) is 2.28. The third kappa shape index (κ3) is 7.17. The zero-order valence-corrected chi connectivity index (χ0v) is 11.6. The lowest BCUT2D eigenvalue weighted by Crippen LogP contribution is -2.47. The van der Waals surface area contributed by atoms with Crippen LogP contribution in [0.1, 0.15) is 26.7 Å². The lowest BCUT2D eigenvalue weighted by Gasteiger charge is -2.27. The highest BCUT2D eigenvalue weighted by atomic mass is 32.1. The molecular weight excluding hydrogens is 258 g/mol. The van der Waals surface area contributed by atoms with Gasteiger partial charge in [0.1, 0.15) is 6.10 Å². The van der Waals surface area contributed by atoms with E-state index in [4.69, 9.17) is 9.84 Å². The summed E-state index contributed by atoms with van der Waals surface area (Å²) < 4.78 is 5.40. The fourth-order valence-corrected chi connectivity index (χ4v) is 1.45. The quantitative estimate of drug-likeness (QED) is 0.284. The van der Waals surface area contributed by atoms with Crippen LogP contribution in [0.4, 0.5) is 0 Å².